The zero-order valence-corrected chi connectivity index (χ0v) is 6.75. The van der Waals surface area contributed by atoms with Gasteiger partial charge in [0.25, 0.3) is 0 Å². The minimum Gasteiger partial charge on any atom is -0.481 e. The Labute approximate surface area is 74.3 Å². The lowest BCUT2D eigenvalue weighted by Gasteiger charge is -2.18. The minimum absolute atomic E-state index is 0.233. The van der Waals surface area contributed by atoms with Gasteiger partial charge in [-0.05, 0) is 6.42 Å². The van der Waals surface area contributed by atoms with Crippen LogP contribution in [0.15, 0.2) is 12.2 Å². The molecule has 0 aromatic carbocycles. The van der Waals surface area contributed by atoms with E-state index in [1.165, 1.54) is 4.90 Å². The molecule has 2 rings (SSSR count). The fourth-order valence-electron chi connectivity index (χ4n) is 2.08. The molecule has 2 N–H and O–H groups in total. The molecular weight excluding hydrogens is 174 g/mol. The van der Waals surface area contributed by atoms with Crippen LogP contribution in [-0.4, -0.2) is 39.3 Å². The van der Waals surface area contributed by atoms with Crippen LogP contribution in [0.25, 0.3) is 0 Å². The van der Waals surface area contributed by atoms with E-state index in [0.29, 0.717) is 6.42 Å². The molecule has 2 aliphatic heterocycles. The van der Waals surface area contributed by atoms with Crippen LogP contribution in [0.2, 0.25) is 0 Å². The highest BCUT2D eigenvalue weighted by molar-refractivity contribution is 5.76. The zero-order valence-electron chi connectivity index (χ0n) is 6.75. The second-order valence-electron chi connectivity index (χ2n) is 3.31. The number of aliphatic carboxylic acids is 1. The van der Waals surface area contributed by atoms with Crippen molar-refractivity contribution < 1.29 is 19.8 Å². The first-order valence-electron chi connectivity index (χ1n) is 4.03. The summed E-state index contributed by atoms with van der Waals surface area (Å²) in [5, 5.41) is 17.6. The van der Waals surface area contributed by atoms with E-state index in [2.05, 4.69) is 0 Å². The summed E-state index contributed by atoms with van der Waals surface area (Å²) in [6.45, 7) is 0. The van der Waals surface area contributed by atoms with E-state index in [4.69, 9.17) is 10.2 Å². The lowest BCUT2D eigenvalue weighted by molar-refractivity contribution is -0.141. The van der Waals surface area contributed by atoms with E-state index in [1.807, 2.05) is 0 Å². The maximum atomic E-state index is 10.7. The van der Waals surface area contributed by atoms with Gasteiger partial charge in [0.2, 0.25) is 0 Å². The van der Waals surface area contributed by atoms with Gasteiger partial charge in [-0.1, -0.05) is 12.2 Å². The Morgan fingerprint density at radius 1 is 1.31 bits per heavy atom. The molecule has 0 radical (unpaired) electrons. The molecule has 0 aliphatic carbocycles. The quantitative estimate of drug-likeness (QED) is 0.576. The number of carbonyl (C=O) groups is 2. The first-order valence-corrected chi connectivity index (χ1v) is 4.03. The molecule has 0 unspecified atom stereocenters. The zero-order chi connectivity index (χ0) is 9.59. The second-order valence-corrected chi connectivity index (χ2v) is 3.31. The highest BCUT2D eigenvalue weighted by atomic mass is 16.4. The summed E-state index contributed by atoms with van der Waals surface area (Å²) in [4.78, 5) is 22.6. The average molecular weight is 183 g/mol. The number of nitrogens with zero attached hydrogens (tertiary/aromatic N) is 1. The van der Waals surface area contributed by atoms with Crippen molar-refractivity contribution in [2.24, 2.45) is 5.92 Å². The second kappa shape index (κ2) is 2.48. The van der Waals surface area contributed by atoms with E-state index in [1.54, 1.807) is 12.2 Å². The predicted octanol–water partition coefficient (Wildman–Crippen LogP) is 0.378. The number of fused-ring (bicyclic) bond motifs is 2. The lowest BCUT2D eigenvalue weighted by atomic mass is 9.95. The van der Waals surface area contributed by atoms with Gasteiger partial charge in [-0.3, -0.25) is 9.69 Å². The smallest absolute Gasteiger partial charge is 0.408 e. The molecule has 13 heavy (non-hydrogen) atoms. The molecule has 2 heterocycles. The number of rotatable bonds is 1. The van der Waals surface area contributed by atoms with Crippen molar-refractivity contribution in [1.82, 2.24) is 4.90 Å². The summed E-state index contributed by atoms with van der Waals surface area (Å²) in [5.41, 5.74) is 0. The monoisotopic (exact) mass is 183 g/mol. The average Bonchev–Trinajstić information content (AvgIpc) is 2.58. The maximum Gasteiger partial charge on any atom is 0.408 e. The van der Waals surface area contributed by atoms with Crippen molar-refractivity contribution in [2.75, 3.05) is 0 Å². The molecule has 5 nitrogen and oxygen atoms in total. The van der Waals surface area contributed by atoms with E-state index < -0.39 is 24.0 Å². The van der Waals surface area contributed by atoms with E-state index in [9.17, 15) is 9.59 Å². The molecule has 3 atom stereocenters. The van der Waals surface area contributed by atoms with Crippen molar-refractivity contribution in [1.29, 1.82) is 0 Å². The van der Waals surface area contributed by atoms with Gasteiger partial charge in [-0.25, -0.2) is 4.79 Å². The van der Waals surface area contributed by atoms with Crippen molar-refractivity contribution >= 4 is 12.1 Å². The minimum atomic E-state index is -1.04. The van der Waals surface area contributed by atoms with Crippen LogP contribution in [0.5, 0.6) is 0 Å². The molecule has 5 heteroatoms. The van der Waals surface area contributed by atoms with E-state index >= 15 is 0 Å². The standard InChI is InChI=1S/C8H9NO4/c10-7(11)5-3-4-1-2-6(5)9(4)8(12)13/h1-2,4-6H,3H2,(H,10,11)(H,12,13)/t4-,5-,6+/m1/s1. The Hall–Kier alpha value is -1.52. The van der Waals surface area contributed by atoms with Crippen LogP contribution in [0.3, 0.4) is 0 Å². The van der Waals surface area contributed by atoms with E-state index in [0.717, 1.165) is 0 Å². The van der Waals surface area contributed by atoms with Gasteiger partial charge in [-0.15, -0.1) is 0 Å². The summed E-state index contributed by atoms with van der Waals surface area (Å²) >= 11 is 0. The van der Waals surface area contributed by atoms with Crippen LogP contribution in [-0.2, 0) is 4.79 Å². The van der Waals surface area contributed by atoms with Crippen molar-refractivity contribution in [3.63, 3.8) is 0 Å². The van der Waals surface area contributed by atoms with Gasteiger partial charge in [-0.2, -0.15) is 0 Å². The molecule has 0 aromatic heterocycles. The largest absolute Gasteiger partial charge is 0.481 e. The molecule has 0 aromatic rings. The van der Waals surface area contributed by atoms with Crippen LogP contribution in [0, 0.1) is 5.92 Å². The topological polar surface area (TPSA) is 77.8 Å². The van der Waals surface area contributed by atoms with Crippen LogP contribution < -0.4 is 0 Å². The van der Waals surface area contributed by atoms with Gasteiger partial charge in [0.05, 0.1) is 18.0 Å². The summed E-state index contributed by atoms with van der Waals surface area (Å²) in [5.74, 6) is -1.48. The highest BCUT2D eigenvalue weighted by Crippen LogP contribution is 2.36. The van der Waals surface area contributed by atoms with Gasteiger partial charge in [0.15, 0.2) is 0 Å². The Kier molecular flexibility index (Phi) is 1.55. The summed E-state index contributed by atoms with van der Waals surface area (Å²) in [6.07, 6.45) is 2.80. The number of carboxylic acids is 1. The van der Waals surface area contributed by atoms with Crippen LogP contribution in [0.4, 0.5) is 4.79 Å². The van der Waals surface area contributed by atoms with Gasteiger partial charge in [0, 0.05) is 0 Å². The predicted molar refractivity (Wildman–Crippen MR) is 42.3 cm³/mol. The maximum absolute atomic E-state index is 10.7. The molecule has 2 bridgehead atoms. The third kappa shape index (κ3) is 0.998. The molecule has 0 saturated carbocycles. The van der Waals surface area contributed by atoms with Gasteiger partial charge < -0.3 is 10.2 Å². The summed E-state index contributed by atoms with van der Waals surface area (Å²) in [6, 6.07) is -0.691. The van der Waals surface area contributed by atoms with Crippen molar-refractivity contribution in [3.8, 4) is 0 Å². The first-order chi connectivity index (χ1) is 6.11. The molecule has 1 amide bonds. The Bertz CT molecular complexity index is 299. The van der Waals surface area contributed by atoms with Crippen molar-refractivity contribution in [3.05, 3.63) is 12.2 Å². The molecule has 0 spiro atoms. The summed E-state index contributed by atoms with van der Waals surface area (Å²) in [7, 11) is 0. The Morgan fingerprint density at radius 3 is 2.38 bits per heavy atom. The molecule has 1 fully saturated rings. The summed E-state index contributed by atoms with van der Waals surface area (Å²) < 4.78 is 0. The van der Waals surface area contributed by atoms with Crippen LogP contribution in [0.1, 0.15) is 6.42 Å². The van der Waals surface area contributed by atoms with Gasteiger partial charge >= 0.3 is 12.1 Å². The SMILES string of the molecule is O=C(O)[C@@H]1C[C@H]2C=C[C@@H]1N2C(=O)O. The molecular formula is C8H9NO4. The number of hydrogen-bond donors (Lipinski definition) is 2. The molecule has 70 valence electrons. The normalized spacial score (nSPS) is 35.4. The number of amides is 1. The number of carboxylic acid groups (broad SMARTS) is 2. The highest BCUT2D eigenvalue weighted by Gasteiger charge is 2.48. The molecule has 2 aliphatic rings. The number of hydrogen-bond acceptors (Lipinski definition) is 2. The fraction of sp³-hybridized carbons (Fsp3) is 0.500. The lowest BCUT2D eigenvalue weighted by Crippen LogP contribution is -2.37. The Balaban J connectivity index is 2.24. The third-order valence-corrected chi connectivity index (χ3v) is 2.65. The Morgan fingerprint density at radius 2 is 2.00 bits per heavy atom. The molecule has 1 saturated heterocycles. The van der Waals surface area contributed by atoms with E-state index in [-0.39, 0.29) is 6.04 Å². The van der Waals surface area contributed by atoms with Crippen LogP contribution >= 0.6 is 0 Å². The third-order valence-electron chi connectivity index (χ3n) is 2.65. The van der Waals surface area contributed by atoms with Crippen molar-refractivity contribution in [2.45, 2.75) is 18.5 Å². The van der Waals surface area contributed by atoms with Gasteiger partial charge in [0.1, 0.15) is 0 Å². The first kappa shape index (κ1) is 8.10. The fourth-order valence-corrected chi connectivity index (χ4v) is 2.08.